The Labute approximate surface area is 78.8 Å². The van der Waals surface area contributed by atoms with Crippen molar-refractivity contribution in [2.75, 3.05) is 12.8 Å². The van der Waals surface area contributed by atoms with Gasteiger partial charge in [-0.15, -0.1) is 11.8 Å². The quantitative estimate of drug-likeness (QED) is 0.680. The Morgan fingerprint density at radius 2 is 2.17 bits per heavy atom. The molecule has 0 rings (SSSR count). The molecular weight excluding hydrogens is 170 g/mol. The third-order valence-corrected chi connectivity index (χ3v) is 2.82. The van der Waals surface area contributed by atoms with Crippen LogP contribution < -0.4 is 5.32 Å². The molecule has 0 atom stereocenters. The van der Waals surface area contributed by atoms with E-state index >= 15 is 0 Å². The van der Waals surface area contributed by atoms with Gasteiger partial charge in [-0.05, 0) is 20.8 Å². The highest BCUT2D eigenvalue weighted by atomic mass is 32.2. The number of nitrogens with one attached hydrogen (secondary N) is 1. The molecule has 0 aromatic rings. The number of allylic oxidation sites excluding steroid dienone is 1. The van der Waals surface area contributed by atoms with Gasteiger partial charge >= 0.3 is 0 Å². The summed E-state index contributed by atoms with van der Waals surface area (Å²) in [7, 11) is 1.67. The molecule has 0 radical (unpaired) electrons. The van der Waals surface area contributed by atoms with E-state index in [1.807, 2.05) is 26.8 Å². The van der Waals surface area contributed by atoms with Gasteiger partial charge in [0.2, 0.25) is 5.91 Å². The minimum absolute atomic E-state index is 0.0806. The van der Waals surface area contributed by atoms with E-state index in [9.17, 15) is 4.79 Å². The molecule has 0 spiro atoms. The van der Waals surface area contributed by atoms with Crippen LogP contribution in [0.1, 0.15) is 20.8 Å². The van der Waals surface area contributed by atoms with Crippen molar-refractivity contribution in [2.45, 2.75) is 25.5 Å². The molecule has 70 valence electrons. The highest BCUT2D eigenvalue weighted by Crippen LogP contribution is 2.24. The summed E-state index contributed by atoms with van der Waals surface area (Å²) in [6, 6.07) is 0. The Bertz CT molecular complexity index is 175. The highest BCUT2D eigenvalue weighted by molar-refractivity contribution is 8.01. The van der Waals surface area contributed by atoms with Crippen molar-refractivity contribution >= 4 is 17.7 Å². The molecule has 0 unspecified atom stereocenters. The van der Waals surface area contributed by atoms with Crippen molar-refractivity contribution in [2.24, 2.45) is 0 Å². The fraction of sp³-hybridized carbons (Fsp3) is 0.667. The monoisotopic (exact) mass is 187 g/mol. The average Bonchev–Trinajstić information content (AvgIpc) is 2.03. The first-order valence-corrected chi connectivity index (χ1v) is 5.00. The van der Waals surface area contributed by atoms with Crippen molar-refractivity contribution < 1.29 is 4.79 Å². The van der Waals surface area contributed by atoms with E-state index in [-0.39, 0.29) is 10.7 Å². The zero-order valence-electron chi connectivity index (χ0n) is 8.18. The van der Waals surface area contributed by atoms with E-state index in [0.717, 1.165) is 5.75 Å². The lowest BCUT2D eigenvalue weighted by Gasteiger charge is -2.20. The molecule has 3 heteroatoms. The fourth-order valence-electron chi connectivity index (χ4n) is 0.719. The Hall–Kier alpha value is -0.440. The van der Waals surface area contributed by atoms with Crippen molar-refractivity contribution in [3.05, 3.63) is 12.2 Å². The van der Waals surface area contributed by atoms with Crippen molar-refractivity contribution in [3.63, 3.8) is 0 Å². The normalized spacial score (nSPS) is 12.0. The zero-order chi connectivity index (χ0) is 9.61. The summed E-state index contributed by atoms with van der Waals surface area (Å²) in [6.45, 7) is 5.84. The number of hydrogen-bond acceptors (Lipinski definition) is 2. The molecule has 0 saturated carbocycles. The summed E-state index contributed by atoms with van der Waals surface area (Å²) in [5.74, 6) is 0.966. The second-order valence-electron chi connectivity index (χ2n) is 2.97. The van der Waals surface area contributed by atoms with Crippen LogP contribution in [0.2, 0.25) is 0 Å². The summed E-state index contributed by atoms with van der Waals surface area (Å²) in [5.41, 5.74) is 0. The topological polar surface area (TPSA) is 29.1 Å². The van der Waals surface area contributed by atoms with E-state index in [2.05, 4.69) is 11.4 Å². The fourth-order valence-corrected chi connectivity index (χ4v) is 1.66. The first kappa shape index (κ1) is 11.6. The highest BCUT2D eigenvalue weighted by Gasteiger charge is 2.25. The molecule has 12 heavy (non-hydrogen) atoms. The van der Waals surface area contributed by atoms with Crippen LogP contribution in [0.25, 0.3) is 0 Å². The van der Waals surface area contributed by atoms with Crippen LogP contribution >= 0.6 is 11.8 Å². The first-order valence-electron chi connectivity index (χ1n) is 4.02. The summed E-state index contributed by atoms with van der Waals surface area (Å²) in [5, 5.41) is 2.65. The molecule has 0 aromatic carbocycles. The lowest BCUT2D eigenvalue weighted by molar-refractivity contribution is -0.122. The predicted molar refractivity (Wildman–Crippen MR) is 55.4 cm³/mol. The molecule has 0 fully saturated rings. The zero-order valence-corrected chi connectivity index (χ0v) is 8.99. The van der Waals surface area contributed by atoms with E-state index in [4.69, 9.17) is 0 Å². The Morgan fingerprint density at radius 1 is 1.58 bits per heavy atom. The van der Waals surface area contributed by atoms with Gasteiger partial charge in [-0.1, -0.05) is 12.2 Å². The Morgan fingerprint density at radius 3 is 2.58 bits per heavy atom. The number of amides is 1. The molecular formula is C9H17NOS. The lowest BCUT2D eigenvalue weighted by Crippen LogP contribution is -2.37. The molecule has 2 nitrogen and oxygen atoms in total. The third kappa shape index (κ3) is 3.81. The van der Waals surface area contributed by atoms with Crippen LogP contribution in [-0.4, -0.2) is 23.5 Å². The second kappa shape index (κ2) is 5.25. The molecule has 0 heterocycles. The second-order valence-corrected chi connectivity index (χ2v) is 4.61. The molecule has 0 aliphatic rings. The van der Waals surface area contributed by atoms with E-state index in [1.54, 1.807) is 18.8 Å². The molecule has 0 bridgehead atoms. The number of rotatable bonds is 4. The molecule has 0 aromatic heterocycles. The minimum Gasteiger partial charge on any atom is -0.358 e. The largest absolute Gasteiger partial charge is 0.358 e. The Balaban J connectivity index is 3.94. The van der Waals surface area contributed by atoms with Crippen LogP contribution in [0.5, 0.6) is 0 Å². The molecule has 1 amide bonds. The van der Waals surface area contributed by atoms with E-state index in [1.165, 1.54) is 0 Å². The van der Waals surface area contributed by atoms with Crippen LogP contribution in [0, 0.1) is 0 Å². The predicted octanol–water partition coefficient (Wildman–Crippen LogP) is 1.82. The summed E-state index contributed by atoms with van der Waals surface area (Å²) >= 11 is 1.64. The van der Waals surface area contributed by atoms with Crippen molar-refractivity contribution in [3.8, 4) is 0 Å². The SMILES string of the molecule is CC=CCSC(C)(C)C(=O)NC. The van der Waals surface area contributed by atoms with Crippen molar-refractivity contribution in [1.29, 1.82) is 0 Å². The summed E-state index contributed by atoms with van der Waals surface area (Å²) in [6.07, 6.45) is 4.04. The number of carbonyl (C=O) groups is 1. The van der Waals surface area contributed by atoms with Gasteiger partial charge in [0.05, 0.1) is 4.75 Å². The maximum Gasteiger partial charge on any atom is 0.235 e. The third-order valence-electron chi connectivity index (χ3n) is 1.55. The summed E-state index contributed by atoms with van der Waals surface area (Å²) < 4.78 is -0.325. The van der Waals surface area contributed by atoms with Gasteiger partial charge in [-0.3, -0.25) is 4.79 Å². The van der Waals surface area contributed by atoms with Gasteiger partial charge in [0.25, 0.3) is 0 Å². The summed E-state index contributed by atoms with van der Waals surface area (Å²) in [4.78, 5) is 11.3. The van der Waals surface area contributed by atoms with Crippen LogP contribution in [0.3, 0.4) is 0 Å². The van der Waals surface area contributed by atoms with Crippen molar-refractivity contribution in [1.82, 2.24) is 5.32 Å². The standard InChI is InChI=1S/C9H17NOS/c1-5-6-7-12-9(2,3)8(11)10-4/h5-6H,7H2,1-4H3,(H,10,11). The van der Waals surface area contributed by atoms with Gasteiger partial charge in [0, 0.05) is 12.8 Å². The smallest absolute Gasteiger partial charge is 0.235 e. The van der Waals surface area contributed by atoms with Crippen LogP contribution in [0.15, 0.2) is 12.2 Å². The Kier molecular flexibility index (Phi) is 5.06. The van der Waals surface area contributed by atoms with E-state index < -0.39 is 0 Å². The van der Waals surface area contributed by atoms with Crippen LogP contribution in [-0.2, 0) is 4.79 Å². The van der Waals surface area contributed by atoms with Gasteiger partial charge in [-0.25, -0.2) is 0 Å². The molecule has 0 aliphatic heterocycles. The van der Waals surface area contributed by atoms with Gasteiger partial charge < -0.3 is 5.32 Å². The number of carbonyl (C=O) groups excluding carboxylic acids is 1. The first-order chi connectivity index (χ1) is 5.54. The van der Waals surface area contributed by atoms with E-state index in [0.29, 0.717) is 0 Å². The van der Waals surface area contributed by atoms with Gasteiger partial charge in [-0.2, -0.15) is 0 Å². The molecule has 0 aliphatic carbocycles. The average molecular weight is 187 g/mol. The maximum absolute atomic E-state index is 11.3. The molecule has 1 N–H and O–H groups in total. The number of hydrogen-bond donors (Lipinski definition) is 1. The lowest BCUT2D eigenvalue weighted by atomic mass is 10.2. The van der Waals surface area contributed by atoms with Crippen LogP contribution in [0.4, 0.5) is 0 Å². The number of thioether (sulfide) groups is 1. The van der Waals surface area contributed by atoms with Gasteiger partial charge in [0.1, 0.15) is 0 Å². The maximum atomic E-state index is 11.3. The van der Waals surface area contributed by atoms with Gasteiger partial charge in [0.15, 0.2) is 0 Å². The molecule has 0 saturated heterocycles. The minimum atomic E-state index is -0.325.